The highest BCUT2D eigenvalue weighted by Crippen LogP contribution is 2.18. The molecular formula is C13H19ClN4O3. The van der Waals surface area contributed by atoms with Crippen molar-refractivity contribution in [3.05, 3.63) is 16.4 Å². The molecule has 1 N–H and O–H groups in total. The van der Waals surface area contributed by atoms with E-state index < -0.39 is 0 Å². The summed E-state index contributed by atoms with van der Waals surface area (Å²) in [4.78, 5) is 25.4. The average molecular weight is 315 g/mol. The van der Waals surface area contributed by atoms with Gasteiger partial charge in [0.1, 0.15) is 6.54 Å². The molecule has 0 unspecified atom stereocenters. The first-order chi connectivity index (χ1) is 9.99. The van der Waals surface area contributed by atoms with Crippen LogP contribution in [0.25, 0.3) is 0 Å². The second-order valence-electron chi connectivity index (χ2n) is 4.91. The summed E-state index contributed by atoms with van der Waals surface area (Å²) in [5, 5.41) is 7.35. The zero-order valence-electron chi connectivity index (χ0n) is 12.2. The van der Waals surface area contributed by atoms with E-state index in [4.69, 9.17) is 16.3 Å². The van der Waals surface area contributed by atoms with E-state index in [0.717, 1.165) is 5.69 Å². The number of nitrogens with zero attached hydrogens (tertiary/aromatic N) is 3. The van der Waals surface area contributed by atoms with Crippen molar-refractivity contribution in [3.63, 3.8) is 0 Å². The summed E-state index contributed by atoms with van der Waals surface area (Å²) in [5.41, 5.74) is 1.43. The number of ether oxygens (including phenoxy) is 1. The molecule has 1 aromatic heterocycles. The molecule has 0 radical (unpaired) electrons. The number of morpholine rings is 1. The van der Waals surface area contributed by atoms with E-state index in [-0.39, 0.29) is 24.9 Å². The number of amides is 2. The molecule has 0 aliphatic carbocycles. The summed E-state index contributed by atoms with van der Waals surface area (Å²) in [6.45, 7) is 5.86. The van der Waals surface area contributed by atoms with Gasteiger partial charge in [0.25, 0.3) is 0 Å². The lowest BCUT2D eigenvalue weighted by Crippen LogP contribution is -2.46. The highest BCUT2D eigenvalue weighted by atomic mass is 35.5. The average Bonchev–Trinajstić information content (AvgIpc) is 2.73. The molecule has 1 fully saturated rings. The SMILES string of the molecule is Cc1nn(CC(=O)NCC(=O)N2CCOCC2)c(C)c1Cl. The zero-order chi connectivity index (χ0) is 15.4. The summed E-state index contributed by atoms with van der Waals surface area (Å²) < 4.78 is 6.71. The van der Waals surface area contributed by atoms with E-state index in [0.29, 0.717) is 37.0 Å². The Balaban J connectivity index is 1.81. The molecule has 0 saturated carbocycles. The molecule has 116 valence electrons. The maximum Gasteiger partial charge on any atom is 0.242 e. The number of rotatable bonds is 4. The minimum absolute atomic E-state index is 0.00807. The lowest BCUT2D eigenvalue weighted by atomic mass is 10.4. The van der Waals surface area contributed by atoms with E-state index >= 15 is 0 Å². The van der Waals surface area contributed by atoms with Crippen LogP contribution in [-0.2, 0) is 20.9 Å². The van der Waals surface area contributed by atoms with Crippen molar-refractivity contribution < 1.29 is 14.3 Å². The molecule has 1 aliphatic heterocycles. The minimum atomic E-state index is -0.265. The molecule has 1 saturated heterocycles. The van der Waals surface area contributed by atoms with Gasteiger partial charge in [-0.3, -0.25) is 14.3 Å². The fourth-order valence-electron chi connectivity index (χ4n) is 2.12. The van der Waals surface area contributed by atoms with Crippen LogP contribution in [-0.4, -0.2) is 59.3 Å². The van der Waals surface area contributed by atoms with Gasteiger partial charge in [-0.15, -0.1) is 0 Å². The van der Waals surface area contributed by atoms with Crippen molar-refractivity contribution in [2.24, 2.45) is 0 Å². The number of hydrogen-bond donors (Lipinski definition) is 1. The number of halogens is 1. The number of nitrogens with one attached hydrogen (secondary N) is 1. The Hall–Kier alpha value is -1.60. The van der Waals surface area contributed by atoms with Gasteiger partial charge in [0.05, 0.1) is 36.2 Å². The van der Waals surface area contributed by atoms with Crippen LogP contribution in [0.4, 0.5) is 0 Å². The fraction of sp³-hybridized carbons (Fsp3) is 0.615. The fourth-order valence-corrected chi connectivity index (χ4v) is 2.26. The zero-order valence-corrected chi connectivity index (χ0v) is 12.9. The molecule has 0 spiro atoms. The van der Waals surface area contributed by atoms with Crippen molar-refractivity contribution in [3.8, 4) is 0 Å². The number of aryl methyl sites for hydroxylation is 1. The van der Waals surface area contributed by atoms with Crippen LogP contribution in [0.15, 0.2) is 0 Å². The van der Waals surface area contributed by atoms with Crippen molar-refractivity contribution in [2.75, 3.05) is 32.8 Å². The first-order valence-corrected chi connectivity index (χ1v) is 7.18. The van der Waals surface area contributed by atoms with Gasteiger partial charge in [-0.2, -0.15) is 5.10 Å². The second-order valence-corrected chi connectivity index (χ2v) is 5.29. The van der Waals surface area contributed by atoms with Gasteiger partial charge in [0.2, 0.25) is 11.8 Å². The third kappa shape index (κ3) is 3.95. The molecule has 0 atom stereocenters. The molecule has 2 heterocycles. The second kappa shape index (κ2) is 6.91. The Morgan fingerprint density at radius 3 is 2.57 bits per heavy atom. The number of carbonyl (C=O) groups is 2. The number of carbonyl (C=O) groups excluding carboxylic acids is 2. The van der Waals surface area contributed by atoms with Crippen LogP contribution in [0.5, 0.6) is 0 Å². The standard InChI is InChI=1S/C13H19ClN4O3/c1-9-13(14)10(2)18(16-9)8-11(19)15-7-12(20)17-3-5-21-6-4-17/h3-8H2,1-2H3,(H,15,19). The third-order valence-corrected chi connectivity index (χ3v) is 3.93. The van der Waals surface area contributed by atoms with Crippen LogP contribution in [0, 0.1) is 13.8 Å². The minimum Gasteiger partial charge on any atom is -0.378 e. The first kappa shape index (κ1) is 15.8. The molecule has 2 amide bonds. The lowest BCUT2D eigenvalue weighted by Gasteiger charge is -2.26. The first-order valence-electron chi connectivity index (χ1n) is 6.80. The van der Waals surface area contributed by atoms with Crippen molar-refractivity contribution in [1.82, 2.24) is 20.0 Å². The summed E-state index contributed by atoms with van der Waals surface area (Å²) in [6, 6.07) is 0. The predicted molar refractivity (Wildman–Crippen MR) is 77.1 cm³/mol. The van der Waals surface area contributed by atoms with Crippen LogP contribution in [0.1, 0.15) is 11.4 Å². The molecule has 2 rings (SSSR count). The molecule has 0 bridgehead atoms. The highest BCUT2D eigenvalue weighted by molar-refractivity contribution is 6.31. The van der Waals surface area contributed by atoms with E-state index in [1.54, 1.807) is 18.7 Å². The van der Waals surface area contributed by atoms with E-state index in [9.17, 15) is 9.59 Å². The number of aromatic nitrogens is 2. The van der Waals surface area contributed by atoms with Gasteiger partial charge in [0, 0.05) is 13.1 Å². The van der Waals surface area contributed by atoms with E-state index in [1.165, 1.54) is 4.68 Å². The van der Waals surface area contributed by atoms with Crippen molar-refractivity contribution >= 4 is 23.4 Å². The Labute approximate surface area is 128 Å². The van der Waals surface area contributed by atoms with E-state index in [2.05, 4.69) is 10.4 Å². The summed E-state index contributed by atoms with van der Waals surface area (Å²) in [6.07, 6.45) is 0. The normalized spacial score (nSPS) is 15.1. The lowest BCUT2D eigenvalue weighted by molar-refractivity contribution is -0.136. The third-order valence-electron chi connectivity index (χ3n) is 3.39. The molecule has 7 nitrogen and oxygen atoms in total. The van der Waals surface area contributed by atoms with E-state index in [1.807, 2.05) is 0 Å². The Kier molecular flexibility index (Phi) is 5.19. The largest absolute Gasteiger partial charge is 0.378 e. The van der Waals surface area contributed by atoms with Crippen LogP contribution >= 0.6 is 11.6 Å². The topological polar surface area (TPSA) is 76.5 Å². The van der Waals surface area contributed by atoms with Gasteiger partial charge in [-0.25, -0.2) is 0 Å². The molecule has 0 aromatic carbocycles. The molecule has 1 aromatic rings. The van der Waals surface area contributed by atoms with Crippen LogP contribution < -0.4 is 5.32 Å². The predicted octanol–water partition coefficient (Wildman–Crippen LogP) is 0.128. The number of hydrogen-bond acceptors (Lipinski definition) is 4. The highest BCUT2D eigenvalue weighted by Gasteiger charge is 2.18. The van der Waals surface area contributed by atoms with Gasteiger partial charge >= 0.3 is 0 Å². The Bertz CT molecular complexity index is 538. The molecule has 8 heteroatoms. The smallest absolute Gasteiger partial charge is 0.242 e. The van der Waals surface area contributed by atoms with Crippen molar-refractivity contribution in [2.45, 2.75) is 20.4 Å². The summed E-state index contributed by atoms with van der Waals surface area (Å²) in [5.74, 6) is -0.364. The molecule has 1 aliphatic rings. The maximum atomic E-state index is 11.9. The van der Waals surface area contributed by atoms with Crippen LogP contribution in [0.3, 0.4) is 0 Å². The van der Waals surface area contributed by atoms with Gasteiger partial charge in [0.15, 0.2) is 0 Å². The van der Waals surface area contributed by atoms with Gasteiger partial charge in [-0.1, -0.05) is 11.6 Å². The Morgan fingerprint density at radius 2 is 2.00 bits per heavy atom. The van der Waals surface area contributed by atoms with Crippen LogP contribution in [0.2, 0.25) is 5.02 Å². The summed E-state index contributed by atoms with van der Waals surface area (Å²) >= 11 is 6.02. The molecule has 21 heavy (non-hydrogen) atoms. The van der Waals surface area contributed by atoms with Crippen molar-refractivity contribution in [1.29, 1.82) is 0 Å². The van der Waals surface area contributed by atoms with Gasteiger partial charge in [-0.05, 0) is 13.8 Å². The van der Waals surface area contributed by atoms with Gasteiger partial charge < -0.3 is 15.0 Å². The quantitative estimate of drug-likeness (QED) is 0.857. The maximum absolute atomic E-state index is 11.9. The molecular weight excluding hydrogens is 296 g/mol. The summed E-state index contributed by atoms with van der Waals surface area (Å²) in [7, 11) is 0. The monoisotopic (exact) mass is 314 g/mol. The Morgan fingerprint density at radius 1 is 1.33 bits per heavy atom.